The van der Waals surface area contributed by atoms with Crippen LogP contribution >= 0.6 is 0 Å². The van der Waals surface area contributed by atoms with Gasteiger partial charge in [-0.05, 0) is 6.07 Å². The highest BCUT2D eigenvalue weighted by atomic mass is 16.7. The van der Waals surface area contributed by atoms with Gasteiger partial charge in [-0.3, -0.25) is 0 Å². The first-order valence-electron chi connectivity index (χ1n) is 5.98. The lowest BCUT2D eigenvalue weighted by Crippen LogP contribution is -1.94. The number of rotatable bonds is 2. The summed E-state index contributed by atoms with van der Waals surface area (Å²) in [6.07, 6.45) is 5.03. The average molecular weight is 270 g/mol. The first kappa shape index (κ1) is 11.0. The van der Waals surface area contributed by atoms with E-state index in [9.17, 15) is 0 Å². The van der Waals surface area contributed by atoms with Crippen LogP contribution < -0.4 is 14.2 Å². The quantitative estimate of drug-likeness (QED) is 0.703. The van der Waals surface area contributed by atoms with Gasteiger partial charge in [0.1, 0.15) is 12.1 Å². The number of nitrogens with zero attached hydrogens (tertiary/aromatic N) is 4. The van der Waals surface area contributed by atoms with Gasteiger partial charge in [-0.2, -0.15) is 10.1 Å². The van der Waals surface area contributed by atoms with Gasteiger partial charge in [0.25, 0.3) is 5.78 Å². The Balaban J connectivity index is 1.91. The molecule has 1 aliphatic rings. The standard InChI is InChI=1S/C13H10N4O3/c1-18-10-3-12-11(19-7-20-12)2-9(10)8-4-14-13-15-6-16-17(13)5-8/h2-6H,7H2,1H3. The summed E-state index contributed by atoms with van der Waals surface area (Å²) in [6.45, 7) is 0.225. The molecular weight excluding hydrogens is 260 g/mol. The van der Waals surface area contributed by atoms with Crippen LogP contribution in [0.15, 0.2) is 30.9 Å². The first-order valence-corrected chi connectivity index (χ1v) is 5.98. The number of methoxy groups -OCH3 is 1. The summed E-state index contributed by atoms with van der Waals surface area (Å²) < 4.78 is 17.8. The number of benzene rings is 1. The lowest BCUT2D eigenvalue weighted by molar-refractivity contribution is 0.174. The summed E-state index contributed by atoms with van der Waals surface area (Å²) in [5.74, 6) is 2.61. The lowest BCUT2D eigenvalue weighted by Gasteiger charge is -2.09. The van der Waals surface area contributed by atoms with Crippen LogP contribution in [0.3, 0.4) is 0 Å². The molecular formula is C13H10N4O3. The van der Waals surface area contributed by atoms with Crippen LogP contribution in [0.2, 0.25) is 0 Å². The van der Waals surface area contributed by atoms with Crippen LogP contribution in [0.5, 0.6) is 17.2 Å². The van der Waals surface area contributed by atoms with Gasteiger partial charge in [0.15, 0.2) is 11.5 Å². The highest BCUT2D eigenvalue weighted by molar-refractivity contribution is 5.74. The van der Waals surface area contributed by atoms with Gasteiger partial charge in [0, 0.05) is 29.6 Å². The van der Waals surface area contributed by atoms with E-state index in [1.54, 1.807) is 17.8 Å². The number of fused-ring (bicyclic) bond motifs is 2. The highest BCUT2D eigenvalue weighted by Gasteiger charge is 2.19. The number of aromatic nitrogens is 4. The van der Waals surface area contributed by atoms with Gasteiger partial charge in [-0.1, -0.05) is 0 Å². The van der Waals surface area contributed by atoms with Crippen molar-refractivity contribution in [2.24, 2.45) is 0 Å². The van der Waals surface area contributed by atoms with Crippen LogP contribution in [0.25, 0.3) is 16.9 Å². The number of hydrogen-bond donors (Lipinski definition) is 0. The fourth-order valence-corrected chi connectivity index (χ4v) is 2.18. The molecule has 7 nitrogen and oxygen atoms in total. The summed E-state index contributed by atoms with van der Waals surface area (Å²) in [6, 6.07) is 3.68. The minimum absolute atomic E-state index is 0.225. The molecule has 3 heterocycles. The molecule has 4 rings (SSSR count). The van der Waals surface area contributed by atoms with Crippen LogP contribution in [0.4, 0.5) is 0 Å². The number of hydrogen-bond acceptors (Lipinski definition) is 6. The molecule has 20 heavy (non-hydrogen) atoms. The maximum Gasteiger partial charge on any atom is 0.252 e. The molecule has 0 bridgehead atoms. The summed E-state index contributed by atoms with van der Waals surface area (Å²) >= 11 is 0. The van der Waals surface area contributed by atoms with Crippen LogP contribution in [0.1, 0.15) is 0 Å². The molecule has 7 heteroatoms. The van der Waals surface area contributed by atoms with Gasteiger partial charge in [-0.25, -0.2) is 9.50 Å². The van der Waals surface area contributed by atoms with Gasteiger partial charge in [0.05, 0.1) is 7.11 Å². The first-order chi connectivity index (χ1) is 9.85. The van der Waals surface area contributed by atoms with Crippen LogP contribution in [-0.2, 0) is 0 Å². The molecule has 3 aromatic rings. The largest absolute Gasteiger partial charge is 0.496 e. The monoisotopic (exact) mass is 270 g/mol. The molecule has 1 aliphatic heterocycles. The molecule has 0 unspecified atom stereocenters. The van der Waals surface area contributed by atoms with E-state index in [1.807, 2.05) is 18.3 Å². The summed E-state index contributed by atoms with van der Waals surface area (Å²) in [5.41, 5.74) is 1.72. The highest BCUT2D eigenvalue weighted by Crippen LogP contribution is 2.42. The van der Waals surface area contributed by atoms with Crippen molar-refractivity contribution >= 4 is 5.78 Å². The minimum Gasteiger partial charge on any atom is -0.496 e. The molecule has 0 N–H and O–H groups in total. The van der Waals surface area contributed by atoms with Crippen molar-refractivity contribution in [1.82, 2.24) is 19.6 Å². The molecule has 0 radical (unpaired) electrons. The smallest absolute Gasteiger partial charge is 0.252 e. The Morgan fingerprint density at radius 1 is 1.20 bits per heavy atom. The van der Waals surface area contributed by atoms with Crippen molar-refractivity contribution < 1.29 is 14.2 Å². The second-order valence-electron chi connectivity index (χ2n) is 4.25. The third-order valence-corrected chi connectivity index (χ3v) is 3.14. The molecule has 0 saturated carbocycles. The van der Waals surface area contributed by atoms with Gasteiger partial charge in [-0.15, -0.1) is 0 Å². The van der Waals surface area contributed by atoms with Crippen molar-refractivity contribution in [1.29, 1.82) is 0 Å². The minimum atomic E-state index is 0.225. The Labute approximate surface area is 113 Å². The van der Waals surface area contributed by atoms with E-state index >= 15 is 0 Å². The molecule has 0 fully saturated rings. The van der Waals surface area contributed by atoms with E-state index in [-0.39, 0.29) is 6.79 Å². The van der Waals surface area contributed by atoms with Crippen molar-refractivity contribution in [2.75, 3.05) is 13.9 Å². The fraction of sp³-hybridized carbons (Fsp3) is 0.154. The SMILES string of the molecule is COc1cc2c(cc1-c1cnc3ncnn3c1)OCO2. The van der Waals surface area contributed by atoms with E-state index in [1.165, 1.54) is 6.33 Å². The summed E-state index contributed by atoms with van der Waals surface area (Å²) in [7, 11) is 1.61. The second-order valence-corrected chi connectivity index (χ2v) is 4.25. The van der Waals surface area contributed by atoms with Crippen molar-refractivity contribution in [3.05, 3.63) is 30.9 Å². The zero-order chi connectivity index (χ0) is 13.5. The Bertz CT molecular complexity index is 799. The predicted octanol–water partition coefficient (Wildman–Crippen LogP) is 1.53. The van der Waals surface area contributed by atoms with E-state index < -0.39 is 0 Å². The van der Waals surface area contributed by atoms with E-state index in [0.29, 0.717) is 23.0 Å². The van der Waals surface area contributed by atoms with Gasteiger partial charge < -0.3 is 14.2 Å². The summed E-state index contributed by atoms with van der Waals surface area (Å²) in [5, 5.41) is 4.08. The molecule has 0 spiro atoms. The van der Waals surface area contributed by atoms with Crippen molar-refractivity contribution in [3.8, 4) is 28.4 Å². The fourth-order valence-electron chi connectivity index (χ4n) is 2.18. The number of ether oxygens (including phenoxy) is 3. The Morgan fingerprint density at radius 3 is 2.90 bits per heavy atom. The molecule has 1 aromatic carbocycles. The Kier molecular flexibility index (Phi) is 2.26. The van der Waals surface area contributed by atoms with Crippen molar-refractivity contribution in [2.45, 2.75) is 0 Å². The molecule has 2 aromatic heterocycles. The molecule has 0 atom stereocenters. The predicted molar refractivity (Wildman–Crippen MR) is 68.9 cm³/mol. The van der Waals surface area contributed by atoms with Crippen LogP contribution in [0, 0.1) is 0 Å². The van der Waals surface area contributed by atoms with E-state index in [0.717, 1.165) is 11.1 Å². The van der Waals surface area contributed by atoms with Gasteiger partial charge in [0.2, 0.25) is 6.79 Å². The van der Waals surface area contributed by atoms with Crippen LogP contribution in [-0.4, -0.2) is 33.5 Å². The third kappa shape index (κ3) is 1.56. The van der Waals surface area contributed by atoms with E-state index in [2.05, 4.69) is 15.1 Å². The Hall–Kier alpha value is -2.83. The van der Waals surface area contributed by atoms with Crippen molar-refractivity contribution in [3.63, 3.8) is 0 Å². The molecule has 0 aliphatic carbocycles. The second kappa shape index (κ2) is 4.09. The lowest BCUT2D eigenvalue weighted by atomic mass is 10.1. The third-order valence-electron chi connectivity index (χ3n) is 3.14. The maximum atomic E-state index is 5.41. The topological polar surface area (TPSA) is 70.8 Å². The zero-order valence-electron chi connectivity index (χ0n) is 10.6. The Morgan fingerprint density at radius 2 is 2.05 bits per heavy atom. The molecule has 0 amide bonds. The normalized spacial score (nSPS) is 12.8. The van der Waals surface area contributed by atoms with Gasteiger partial charge >= 0.3 is 0 Å². The molecule has 0 saturated heterocycles. The maximum absolute atomic E-state index is 5.41. The summed E-state index contributed by atoms with van der Waals surface area (Å²) in [4.78, 5) is 8.27. The zero-order valence-corrected chi connectivity index (χ0v) is 10.6. The van der Waals surface area contributed by atoms with E-state index in [4.69, 9.17) is 14.2 Å². The molecule has 100 valence electrons. The average Bonchev–Trinajstić information content (AvgIpc) is 3.13.